The highest BCUT2D eigenvalue weighted by atomic mass is 16.3. The van der Waals surface area contributed by atoms with Crippen LogP contribution in [0, 0.1) is 12.3 Å². The van der Waals surface area contributed by atoms with E-state index in [4.69, 9.17) is 6.42 Å². The van der Waals surface area contributed by atoms with E-state index in [1.165, 1.54) is 5.56 Å². The molecule has 1 aromatic carbocycles. The van der Waals surface area contributed by atoms with Gasteiger partial charge in [0.25, 0.3) is 0 Å². The van der Waals surface area contributed by atoms with Gasteiger partial charge in [-0.25, -0.2) is 0 Å². The summed E-state index contributed by atoms with van der Waals surface area (Å²) in [7, 11) is 0. The number of hydrogen-bond donors (Lipinski definition) is 1. The third kappa shape index (κ3) is 2.93. The van der Waals surface area contributed by atoms with Crippen LogP contribution in [0.2, 0.25) is 0 Å². The van der Waals surface area contributed by atoms with Gasteiger partial charge in [-0.15, -0.1) is 6.42 Å². The lowest BCUT2D eigenvalue weighted by atomic mass is 10.0. The second-order valence-corrected chi connectivity index (χ2v) is 3.06. The van der Waals surface area contributed by atoms with Gasteiger partial charge < -0.3 is 5.11 Å². The molecule has 0 heterocycles. The monoisotopic (exact) mass is 174 g/mol. The molecule has 0 amide bonds. The van der Waals surface area contributed by atoms with Gasteiger partial charge in [-0.2, -0.15) is 0 Å². The lowest BCUT2D eigenvalue weighted by Gasteiger charge is -2.04. The standard InChI is InChI=1S/C12H14O/c1-3-10-6-5-7-11(8-10)9-12(13)4-2/h2,5-8,12-13H,3,9H2,1H3/t12-/m1/s1. The molecular formula is C12H14O. The number of aryl methyl sites for hydroxylation is 1. The number of aliphatic hydroxyl groups excluding tert-OH is 1. The zero-order chi connectivity index (χ0) is 9.68. The minimum atomic E-state index is -0.660. The minimum absolute atomic E-state index is 0.546. The van der Waals surface area contributed by atoms with Gasteiger partial charge in [0.1, 0.15) is 6.10 Å². The molecule has 1 rings (SSSR count). The molecule has 0 aliphatic rings. The van der Waals surface area contributed by atoms with Gasteiger partial charge in [0.2, 0.25) is 0 Å². The average Bonchev–Trinajstić information content (AvgIpc) is 2.18. The van der Waals surface area contributed by atoms with Crippen molar-refractivity contribution in [3.8, 4) is 12.3 Å². The highest BCUT2D eigenvalue weighted by Crippen LogP contribution is 2.07. The highest BCUT2D eigenvalue weighted by Gasteiger charge is 2.01. The first-order valence-electron chi connectivity index (χ1n) is 4.48. The Labute approximate surface area is 79.4 Å². The van der Waals surface area contributed by atoms with E-state index in [-0.39, 0.29) is 0 Å². The van der Waals surface area contributed by atoms with Gasteiger partial charge in [-0.3, -0.25) is 0 Å². The van der Waals surface area contributed by atoms with Crippen molar-refractivity contribution < 1.29 is 5.11 Å². The summed E-state index contributed by atoms with van der Waals surface area (Å²) in [5.74, 6) is 2.31. The topological polar surface area (TPSA) is 20.2 Å². The number of aliphatic hydroxyl groups is 1. The van der Waals surface area contributed by atoms with E-state index in [0.29, 0.717) is 6.42 Å². The SMILES string of the molecule is C#C[C@@H](O)Cc1cccc(CC)c1. The smallest absolute Gasteiger partial charge is 0.118 e. The van der Waals surface area contributed by atoms with Gasteiger partial charge in [0.05, 0.1) is 0 Å². The molecule has 0 spiro atoms. The molecule has 1 N–H and O–H groups in total. The van der Waals surface area contributed by atoms with Crippen molar-refractivity contribution in [2.75, 3.05) is 0 Å². The van der Waals surface area contributed by atoms with E-state index in [1.807, 2.05) is 12.1 Å². The Bertz CT molecular complexity index is 309. The molecule has 0 aliphatic heterocycles. The van der Waals surface area contributed by atoms with Crippen molar-refractivity contribution in [3.63, 3.8) is 0 Å². The molecule has 68 valence electrons. The van der Waals surface area contributed by atoms with Gasteiger partial charge >= 0.3 is 0 Å². The molecule has 0 bridgehead atoms. The quantitative estimate of drug-likeness (QED) is 0.693. The van der Waals surface area contributed by atoms with E-state index in [1.54, 1.807) is 0 Å². The normalized spacial score (nSPS) is 12.1. The van der Waals surface area contributed by atoms with Crippen LogP contribution in [0.4, 0.5) is 0 Å². The summed E-state index contributed by atoms with van der Waals surface area (Å²) in [6, 6.07) is 8.14. The van der Waals surface area contributed by atoms with Crippen molar-refractivity contribution in [1.82, 2.24) is 0 Å². The summed E-state index contributed by atoms with van der Waals surface area (Å²) in [5, 5.41) is 9.24. The molecule has 0 aromatic heterocycles. The first-order valence-corrected chi connectivity index (χ1v) is 4.48. The maximum Gasteiger partial charge on any atom is 0.118 e. The zero-order valence-corrected chi connectivity index (χ0v) is 7.83. The Morgan fingerprint density at radius 2 is 2.15 bits per heavy atom. The molecule has 13 heavy (non-hydrogen) atoms. The third-order valence-corrected chi connectivity index (χ3v) is 2.02. The molecule has 0 fully saturated rings. The molecular weight excluding hydrogens is 160 g/mol. The lowest BCUT2D eigenvalue weighted by molar-refractivity contribution is 0.233. The van der Waals surface area contributed by atoms with E-state index in [0.717, 1.165) is 12.0 Å². The van der Waals surface area contributed by atoms with Crippen molar-refractivity contribution in [3.05, 3.63) is 35.4 Å². The largest absolute Gasteiger partial charge is 0.380 e. The van der Waals surface area contributed by atoms with Crippen LogP contribution in [-0.2, 0) is 12.8 Å². The molecule has 0 aliphatic carbocycles. The predicted octanol–water partition coefficient (Wildman–Crippen LogP) is 1.79. The molecule has 1 aromatic rings. The van der Waals surface area contributed by atoms with Gasteiger partial charge in [-0.05, 0) is 17.5 Å². The average molecular weight is 174 g/mol. The van der Waals surface area contributed by atoms with Crippen LogP contribution in [0.15, 0.2) is 24.3 Å². The number of benzene rings is 1. The van der Waals surface area contributed by atoms with Crippen LogP contribution >= 0.6 is 0 Å². The van der Waals surface area contributed by atoms with Crippen molar-refractivity contribution in [1.29, 1.82) is 0 Å². The van der Waals surface area contributed by atoms with Crippen LogP contribution in [0.5, 0.6) is 0 Å². The number of rotatable bonds is 3. The first kappa shape index (κ1) is 9.83. The first-order chi connectivity index (χ1) is 6.26. The van der Waals surface area contributed by atoms with E-state index in [2.05, 4.69) is 25.0 Å². The fraction of sp³-hybridized carbons (Fsp3) is 0.333. The zero-order valence-electron chi connectivity index (χ0n) is 7.83. The molecule has 1 nitrogen and oxygen atoms in total. The summed E-state index contributed by atoms with van der Waals surface area (Å²) in [4.78, 5) is 0. The van der Waals surface area contributed by atoms with E-state index >= 15 is 0 Å². The Balaban J connectivity index is 2.73. The van der Waals surface area contributed by atoms with Crippen LogP contribution in [0.3, 0.4) is 0 Å². The van der Waals surface area contributed by atoms with Gasteiger partial charge in [-0.1, -0.05) is 37.1 Å². The van der Waals surface area contributed by atoms with Crippen molar-refractivity contribution in [2.24, 2.45) is 0 Å². The second-order valence-electron chi connectivity index (χ2n) is 3.06. The fourth-order valence-corrected chi connectivity index (χ4v) is 1.26. The van der Waals surface area contributed by atoms with Crippen molar-refractivity contribution >= 4 is 0 Å². The molecule has 1 heteroatoms. The maximum absolute atomic E-state index is 9.24. The van der Waals surface area contributed by atoms with E-state index < -0.39 is 6.10 Å². The number of terminal acetylenes is 1. The van der Waals surface area contributed by atoms with Gasteiger partial charge in [0.15, 0.2) is 0 Å². The highest BCUT2D eigenvalue weighted by molar-refractivity contribution is 5.24. The molecule has 1 atom stereocenters. The summed E-state index contributed by atoms with van der Waals surface area (Å²) in [5.41, 5.74) is 2.38. The summed E-state index contributed by atoms with van der Waals surface area (Å²) >= 11 is 0. The van der Waals surface area contributed by atoms with Crippen molar-refractivity contribution in [2.45, 2.75) is 25.9 Å². The Hall–Kier alpha value is -1.26. The Morgan fingerprint density at radius 3 is 2.77 bits per heavy atom. The fourth-order valence-electron chi connectivity index (χ4n) is 1.26. The van der Waals surface area contributed by atoms with Crippen LogP contribution in [0.25, 0.3) is 0 Å². The predicted molar refractivity (Wildman–Crippen MR) is 54.4 cm³/mol. The van der Waals surface area contributed by atoms with Crippen LogP contribution < -0.4 is 0 Å². The molecule has 0 unspecified atom stereocenters. The summed E-state index contributed by atoms with van der Waals surface area (Å²) in [6.07, 6.45) is 5.99. The Kier molecular flexibility index (Phi) is 3.54. The number of hydrogen-bond acceptors (Lipinski definition) is 1. The maximum atomic E-state index is 9.24. The second kappa shape index (κ2) is 4.69. The summed E-state index contributed by atoms with van der Waals surface area (Å²) in [6.45, 7) is 2.11. The third-order valence-electron chi connectivity index (χ3n) is 2.02. The minimum Gasteiger partial charge on any atom is -0.380 e. The molecule has 0 saturated heterocycles. The van der Waals surface area contributed by atoms with Crippen LogP contribution in [-0.4, -0.2) is 11.2 Å². The Morgan fingerprint density at radius 1 is 1.46 bits per heavy atom. The lowest BCUT2D eigenvalue weighted by Crippen LogP contribution is -2.06. The molecule has 0 radical (unpaired) electrons. The summed E-state index contributed by atoms with van der Waals surface area (Å²) < 4.78 is 0. The van der Waals surface area contributed by atoms with Crippen LogP contribution in [0.1, 0.15) is 18.1 Å². The molecule has 0 saturated carbocycles. The van der Waals surface area contributed by atoms with E-state index in [9.17, 15) is 5.11 Å². The van der Waals surface area contributed by atoms with Gasteiger partial charge in [0, 0.05) is 6.42 Å².